The van der Waals surface area contributed by atoms with Gasteiger partial charge in [0.2, 0.25) is 0 Å². The summed E-state index contributed by atoms with van der Waals surface area (Å²) in [6.45, 7) is 8.24. The number of fused-ring (bicyclic) bond motifs is 2. The summed E-state index contributed by atoms with van der Waals surface area (Å²) in [7, 11) is 2.19. The minimum atomic E-state index is 0.618. The zero-order valence-electron chi connectivity index (χ0n) is 9.05. The largest absolute Gasteiger partial charge is 0.378 e. The molecule has 0 amide bonds. The predicted octanol–water partition coefficient (Wildman–Crippen LogP) is 0.705. The molecule has 0 aromatic carbocycles. The summed E-state index contributed by atoms with van der Waals surface area (Å²) in [6.07, 6.45) is 1.25. The number of piperazine rings is 1. The Hall–Kier alpha value is -0.120. The number of likely N-dealkylation sites (N-methyl/N-ethyl adjacent to an activating group) is 1. The average molecular weight is 186 g/mol. The fourth-order valence-corrected chi connectivity index (χ4v) is 1.70. The van der Waals surface area contributed by atoms with Crippen LogP contribution in [-0.4, -0.2) is 50.3 Å². The normalized spacial score (nSPS) is 33.5. The standard InChI is InChI=1S/C7H14N2O.C3H8/c1-9-6-2-8-3-7(9)5-10-4-6;1-3-2/h6-8H,2-5H2,1H3;3H2,1-2H3. The van der Waals surface area contributed by atoms with E-state index in [1.807, 2.05) is 0 Å². The van der Waals surface area contributed by atoms with Crippen LogP contribution in [0.5, 0.6) is 0 Å². The van der Waals surface area contributed by atoms with Gasteiger partial charge in [0, 0.05) is 25.2 Å². The molecular formula is C10H22N2O. The van der Waals surface area contributed by atoms with Crippen LogP contribution in [-0.2, 0) is 4.74 Å². The lowest BCUT2D eigenvalue weighted by molar-refractivity contribution is -0.0511. The molecule has 2 bridgehead atoms. The number of morpholine rings is 1. The van der Waals surface area contributed by atoms with Gasteiger partial charge in [-0.15, -0.1) is 0 Å². The third-order valence-electron chi connectivity index (χ3n) is 2.53. The second-order valence-corrected chi connectivity index (χ2v) is 3.88. The molecule has 0 aliphatic carbocycles. The monoisotopic (exact) mass is 186 g/mol. The van der Waals surface area contributed by atoms with Gasteiger partial charge in [-0.05, 0) is 7.05 Å². The van der Waals surface area contributed by atoms with Gasteiger partial charge >= 0.3 is 0 Å². The molecule has 1 N–H and O–H groups in total. The van der Waals surface area contributed by atoms with Crippen LogP contribution in [0.1, 0.15) is 20.3 Å². The van der Waals surface area contributed by atoms with Crippen LogP contribution in [0.15, 0.2) is 0 Å². The molecule has 2 fully saturated rings. The molecule has 2 atom stereocenters. The number of rotatable bonds is 0. The first-order chi connectivity index (χ1) is 6.29. The highest BCUT2D eigenvalue weighted by atomic mass is 16.5. The zero-order valence-corrected chi connectivity index (χ0v) is 9.05. The van der Waals surface area contributed by atoms with Gasteiger partial charge in [-0.1, -0.05) is 20.3 Å². The number of hydrogen-bond donors (Lipinski definition) is 1. The zero-order chi connectivity index (χ0) is 9.68. The fourth-order valence-electron chi connectivity index (χ4n) is 1.70. The highest BCUT2D eigenvalue weighted by Crippen LogP contribution is 2.13. The molecule has 0 aromatic rings. The SMILES string of the molecule is CCC.CN1C2CNCC1COC2. The van der Waals surface area contributed by atoms with Crippen molar-refractivity contribution in [3.05, 3.63) is 0 Å². The fraction of sp³-hybridized carbons (Fsp3) is 1.00. The van der Waals surface area contributed by atoms with Crippen molar-refractivity contribution < 1.29 is 4.74 Å². The topological polar surface area (TPSA) is 24.5 Å². The van der Waals surface area contributed by atoms with E-state index in [9.17, 15) is 0 Å². The Kier molecular flexibility index (Phi) is 4.70. The lowest BCUT2D eigenvalue weighted by Crippen LogP contribution is -2.61. The number of hydrogen-bond acceptors (Lipinski definition) is 3. The third-order valence-corrected chi connectivity index (χ3v) is 2.53. The maximum Gasteiger partial charge on any atom is 0.0635 e. The van der Waals surface area contributed by atoms with Crippen LogP contribution in [0, 0.1) is 0 Å². The summed E-state index contributed by atoms with van der Waals surface area (Å²) < 4.78 is 5.43. The predicted molar refractivity (Wildman–Crippen MR) is 55.0 cm³/mol. The van der Waals surface area contributed by atoms with Gasteiger partial charge in [0.1, 0.15) is 0 Å². The molecular weight excluding hydrogens is 164 g/mol. The molecule has 0 radical (unpaired) electrons. The summed E-state index contributed by atoms with van der Waals surface area (Å²) in [6, 6.07) is 1.24. The molecule has 13 heavy (non-hydrogen) atoms. The van der Waals surface area contributed by atoms with E-state index in [4.69, 9.17) is 4.74 Å². The van der Waals surface area contributed by atoms with E-state index in [0.717, 1.165) is 26.3 Å². The smallest absolute Gasteiger partial charge is 0.0635 e. The van der Waals surface area contributed by atoms with Crippen LogP contribution in [0.2, 0.25) is 0 Å². The molecule has 3 heteroatoms. The highest BCUT2D eigenvalue weighted by molar-refractivity contribution is 4.88. The summed E-state index contributed by atoms with van der Waals surface area (Å²) in [5, 5.41) is 3.40. The van der Waals surface area contributed by atoms with E-state index in [-0.39, 0.29) is 0 Å². The van der Waals surface area contributed by atoms with Gasteiger partial charge in [0.15, 0.2) is 0 Å². The molecule has 0 saturated carbocycles. The van der Waals surface area contributed by atoms with Gasteiger partial charge in [-0.2, -0.15) is 0 Å². The number of nitrogens with zero attached hydrogens (tertiary/aromatic N) is 1. The van der Waals surface area contributed by atoms with E-state index in [0.29, 0.717) is 12.1 Å². The van der Waals surface area contributed by atoms with E-state index < -0.39 is 0 Å². The van der Waals surface area contributed by atoms with E-state index >= 15 is 0 Å². The minimum Gasteiger partial charge on any atom is -0.378 e. The summed E-state index contributed by atoms with van der Waals surface area (Å²) in [4.78, 5) is 2.43. The molecule has 2 rings (SSSR count). The molecule has 0 spiro atoms. The molecule has 2 saturated heterocycles. The minimum absolute atomic E-state index is 0.618. The third kappa shape index (κ3) is 2.93. The first kappa shape index (κ1) is 11.0. The Morgan fingerprint density at radius 1 is 1.23 bits per heavy atom. The highest BCUT2D eigenvalue weighted by Gasteiger charge is 2.31. The van der Waals surface area contributed by atoms with Gasteiger partial charge in [-0.3, -0.25) is 4.90 Å². The van der Waals surface area contributed by atoms with Crippen molar-refractivity contribution in [3.63, 3.8) is 0 Å². The Labute approximate surface area is 81.4 Å². The lowest BCUT2D eigenvalue weighted by Gasteiger charge is -2.43. The van der Waals surface area contributed by atoms with Crippen molar-refractivity contribution in [2.75, 3.05) is 33.4 Å². The molecule has 2 aliphatic rings. The van der Waals surface area contributed by atoms with Crippen LogP contribution in [0.3, 0.4) is 0 Å². The van der Waals surface area contributed by atoms with Crippen molar-refractivity contribution in [2.24, 2.45) is 0 Å². The first-order valence-electron chi connectivity index (χ1n) is 5.30. The van der Waals surface area contributed by atoms with Gasteiger partial charge in [-0.25, -0.2) is 0 Å². The van der Waals surface area contributed by atoms with Crippen molar-refractivity contribution >= 4 is 0 Å². The molecule has 2 aliphatic heterocycles. The van der Waals surface area contributed by atoms with E-state index in [1.54, 1.807) is 0 Å². The second kappa shape index (κ2) is 5.58. The van der Waals surface area contributed by atoms with Crippen LogP contribution in [0.25, 0.3) is 0 Å². The molecule has 2 unspecified atom stereocenters. The molecule has 0 aromatic heterocycles. The van der Waals surface area contributed by atoms with E-state index in [1.165, 1.54) is 6.42 Å². The average Bonchev–Trinajstić information content (AvgIpc) is 2.04. The van der Waals surface area contributed by atoms with Crippen molar-refractivity contribution in [2.45, 2.75) is 32.4 Å². The first-order valence-corrected chi connectivity index (χ1v) is 5.30. The molecule has 2 heterocycles. The maximum absolute atomic E-state index is 5.43. The Morgan fingerprint density at radius 3 is 2.08 bits per heavy atom. The Balaban J connectivity index is 0.000000251. The van der Waals surface area contributed by atoms with Crippen LogP contribution >= 0.6 is 0 Å². The van der Waals surface area contributed by atoms with Gasteiger partial charge < -0.3 is 10.1 Å². The maximum atomic E-state index is 5.43. The van der Waals surface area contributed by atoms with Crippen LogP contribution in [0.4, 0.5) is 0 Å². The summed E-state index contributed by atoms with van der Waals surface area (Å²) >= 11 is 0. The molecule has 3 nitrogen and oxygen atoms in total. The van der Waals surface area contributed by atoms with Crippen molar-refractivity contribution in [1.82, 2.24) is 10.2 Å². The Bertz CT molecular complexity index is 119. The number of nitrogens with one attached hydrogen (secondary N) is 1. The summed E-state index contributed by atoms with van der Waals surface area (Å²) in [5.74, 6) is 0. The Morgan fingerprint density at radius 2 is 1.69 bits per heavy atom. The lowest BCUT2D eigenvalue weighted by atomic mass is 10.1. The van der Waals surface area contributed by atoms with Crippen LogP contribution < -0.4 is 5.32 Å². The van der Waals surface area contributed by atoms with Crippen molar-refractivity contribution in [3.8, 4) is 0 Å². The summed E-state index contributed by atoms with van der Waals surface area (Å²) in [5.41, 5.74) is 0. The van der Waals surface area contributed by atoms with Crippen molar-refractivity contribution in [1.29, 1.82) is 0 Å². The molecule has 78 valence electrons. The second-order valence-electron chi connectivity index (χ2n) is 3.88. The van der Waals surface area contributed by atoms with Gasteiger partial charge in [0.05, 0.1) is 13.2 Å². The number of ether oxygens (including phenoxy) is 1. The quantitative estimate of drug-likeness (QED) is 0.603. The van der Waals surface area contributed by atoms with E-state index in [2.05, 4.69) is 31.1 Å². The van der Waals surface area contributed by atoms with Gasteiger partial charge in [0.25, 0.3) is 0 Å².